The summed E-state index contributed by atoms with van der Waals surface area (Å²) in [4.78, 5) is 68.2. The number of hydrazine groups is 1. The molecule has 11 rings (SSSR count). The number of aromatic nitrogens is 2. The fourth-order valence-corrected chi connectivity index (χ4v) is 13.0. The Morgan fingerprint density at radius 3 is 2.47 bits per heavy atom. The largest absolute Gasteiger partial charge is 0.492 e. The Kier molecular flexibility index (Phi) is 14.4. The number of nitrogens with one attached hydrogen (secondary N) is 3. The Hall–Kier alpha value is -5.39. The number of rotatable bonds is 7. The first-order chi connectivity index (χ1) is 35.8. The van der Waals surface area contributed by atoms with Crippen LogP contribution in [0.15, 0.2) is 48.7 Å². The van der Waals surface area contributed by atoms with Crippen LogP contribution in [0.1, 0.15) is 113 Å². The molecule has 2 aromatic carbocycles. The van der Waals surface area contributed by atoms with Crippen molar-refractivity contribution in [1.82, 2.24) is 40.4 Å². The van der Waals surface area contributed by atoms with Crippen molar-refractivity contribution in [2.45, 2.75) is 141 Å². The standard InChI is InChI=1S/C58H76N8O8/c1-7-65-50-13-10-37-27-44(50)46(53(65)45-28-40(30-60-51(45)34(2)71-6)36-15-20-64(21-16-36)41-11-12-41)29-58(3,4)33-74-57(70)47-9-8-19-66(62-47)56(69)48-25-35-23-39(37)26-42(24-35)73-32-49-43(14-18-59-49)55(68)63(5)52(54(67)61-48)38-17-22-72-31-38/h10,13,23-24,26-28,30,34,36,38,41,43,47-49,52,59,62H,7-9,11-12,14-22,25,29,31-33H2,1-6H3,(H,61,67)/t34-,38-,43-,47-,48-,49+,52-/m0/s1. The number of fused-ring (bicyclic) bond motifs is 8. The topological polar surface area (TPSA) is 169 Å². The molecule has 1 aliphatic carbocycles. The molecule has 7 atom stereocenters. The molecule has 3 amide bonds. The summed E-state index contributed by atoms with van der Waals surface area (Å²) in [5.74, 6) is -1.02. The minimum Gasteiger partial charge on any atom is -0.492 e. The van der Waals surface area contributed by atoms with E-state index in [9.17, 15) is 14.4 Å². The summed E-state index contributed by atoms with van der Waals surface area (Å²) in [6, 6.07) is 12.9. The van der Waals surface area contributed by atoms with Gasteiger partial charge in [0.15, 0.2) is 0 Å². The summed E-state index contributed by atoms with van der Waals surface area (Å²) >= 11 is 0. The molecule has 1 saturated carbocycles. The number of esters is 1. The van der Waals surface area contributed by atoms with Crippen molar-refractivity contribution in [2.24, 2.45) is 17.3 Å². The number of likely N-dealkylation sites (tertiary alicyclic amines) is 1. The third-order valence-electron chi connectivity index (χ3n) is 17.4. The molecule has 0 unspecified atom stereocenters. The van der Waals surface area contributed by atoms with Gasteiger partial charge in [-0.25, -0.2) is 5.43 Å². The predicted octanol–water partition coefficient (Wildman–Crippen LogP) is 6.32. The number of carbonyl (C=O) groups is 4. The van der Waals surface area contributed by atoms with Crippen molar-refractivity contribution in [1.29, 1.82) is 0 Å². The number of ether oxygens (including phenoxy) is 4. The van der Waals surface area contributed by atoms with Crippen molar-refractivity contribution in [2.75, 3.05) is 66.8 Å². The zero-order chi connectivity index (χ0) is 51.4. The van der Waals surface area contributed by atoms with Crippen LogP contribution in [0.25, 0.3) is 33.3 Å². The van der Waals surface area contributed by atoms with Gasteiger partial charge in [0, 0.05) is 80.3 Å². The van der Waals surface area contributed by atoms with Gasteiger partial charge in [-0.15, -0.1) is 0 Å². The van der Waals surface area contributed by atoms with Gasteiger partial charge in [0.2, 0.25) is 11.8 Å². The lowest BCUT2D eigenvalue weighted by atomic mass is 9.83. The summed E-state index contributed by atoms with van der Waals surface area (Å²) in [5.41, 5.74) is 11.9. The number of piperidine rings is 1. The van der Waals surface area contributed by atoms with Crippen LogP contribution >= 0.6 is 0 Å². The SMILES string of the molecule is CCn1c(-c2cc(C3CCN(C4CC4)CC3)cnc2[C@H](C)OC)c2c3cc(ccc31)-c1cc3cc(c1)OC[C@H]1NCC[C@@H]1C(=O)N(C)[C@@H]([C@H]1CCOC1)C(=O)N[C@@H](C3)C(=O)N1CCC[C@H](N1)C(=O)OCC(C)(C)C2. The van der Waals surface area contributed by atoms with Crippen molar-refractivity contribution < 1.29 is 38.1 Å². The number of methoxy groups -OCH3 is 1. The van der Waals surface area contributed by atoms with Crippen LogP contribution in [0.4, 0.5) is 0 Å². The quantitative estimate of drug-likeness (QED) is 0.177. The van der Waals surface area contributed by atoms with Gasteiger partial charge in [0.25, 0.3) is 5.91 Å². The maximum absolute atomic E-state index is 15.0. The molecular formula is C58H76N8O8. The first-order valence-electron chi connectivity index (χ1n) is 27.6. The number of cyclic esters (lactones) is 1. The van der Waals surface area contributed by atoms with E-state index in [1.807, 2.05) is 6.07 Å². The van der Waals surface area contributed by atoms with Crippen LogP contribution in [-0.2, 0) is 52.8 Å². The van der Waals surface area contributed by atoms with E-state index in [0.29, 0.717) is 76.6 Å². The second-order valence-electron chi connectivity index (χ2n) is 23.1. The minimum atomic E-state index is -1.06. The Labute approximate surface area is 435 Å². The molecule has 16 heteroatoms. The lowest BCUT2D eigenvalue weighted by Crippen LogP contribution is -2.62. The molecule has 6 aliphatic heterocycles. The van der Waals surface area contributed by atoms with Crippen molar-refractivity contribution >= 4 is 34.6 Å². The lowest BCUT2D eigenvalue weighted by Gasteiger charge is -2.37. The van der Waals surface area contributed by atoms with Gasteiger partial charge in [0.05, 0.1) is 42.7 Å². The van der Waals surface area contributed by atoms with Crippen LogP contribution in [-0.4, -0.2) is 145 Å². The van der Waals surface area contributed by atoms with E-state index in [-0.39, 0.29) is 49.5 Å². The Bertz CT molecular complexity index is 2780. The molecule has 16 nitrogen and oxygen atoms in total. The van der Waals surface area contributed by atoms with E-state index in [2.05, 4.69) is 95.8 Å². The Morgan fingerprint density at radius 2 is 1.72 bits per heavy atom. The normalized spacial score (nSPS) is 27.9. The highest BCUT2D eigenvalue weighted by Gasteiger charge is 2.44. The Balaban J connectivity index is 1.07. The summed E-state index contributed by atoms with van der Waals surface area (Å²) in [5, 5.41) is 9.25. The third-order valence-corrected chi connectivity index (χ3v) is 17.4. The lowest BCUT2D eigenvalue weighted by molar-refractivity contribution is -0.155. The van der Waals surface area contributed by atoms with Gasteiger partial charge in [-0.1, -0.05) is 26.0 Å². The minimum absolute atomic E-state index is 0.124. The fourth-order valence-electron chi connectivity index (χ4n) is 13.0. The van der Waals surface area contributed by atoms with Gasteiger partial charge in [-0.05, 0) is 155 Å². The smallest absolute Gasteiger partial charge is 0.324 e. The highest BCUT2D eigenvalue weighted by molar-refractivity contribution is 5.96. The maximum Gasteiger partial charge on any atom is 0.324 e. The van der Waals surface area contributed by atoms with Crippen molar-refractivity contribution in [3.05, 3.63) is 71.0 Å². The van der Waals surface area contributed by atoms with E-state index in [0.717, 1.165) is 82.1 Å². The summed E-state index contributed by atoms with van der Waals surface area (Å²) in [6.45, 7) is 13.7. The molecule has 5 fully saturated rings. The van der Waals surface area contributed by atoms with Gasteiger partial charge in [-0.3, -0.25) is 29.2 Å². The number of likely N-dealkylation sites (N-methyl/N-ethyl adjacent to an activating group) is 1. The number of amides is 3. The zero-order valence-electron chi connectivity index (χ0n) is 44.3. The molecule has 4 aromatic rings. The van der Waals surface area contributed by atoms with Gasteiger partial charge in [-0.2, -0.15) is 0 Å². The predicted molar refractivity (Wildman–Crippen MR) is 281 cm³/mol. The second-order valence-corrected chi connectivity index (χ2v) is 23.1. The molecular weight excluding hydrogens is 937 g/mol. The maximum atomic E-state index is 15.0. The molecule has 396 valence electrons. The number of pyridine rings is 1. The van der Waals surface area contributed by atoms with E-state index < -0.39 is 41.3 Å². The molecule has 74 heavy (non-hydrogen) atoms. The van der Waals surface area contributed by atoms with E-state index in [1.165, 1.54) is 23.4 Å². The van der Waals surface area contributed by atoms with Crippen LogP contribution in [0, 0.1) is 17.3 Å². The highest BCUT2D eigenvalue weighted by atomic mass is 16.5. The number of hydrogen-bond acceptors (Lipinski definition) is 12. The van der Waals surface area contributed by atoms with Crippen LogP contribution < -0.4 is 20.8 Å². The molecule has 8 heterocycles. The van der Waals surface area contributed by atoms with Crippen LogP contribution in [0.2, 0.25) is 0 Å². The van der Waals surface area contributed by atoms with Gasteiger partial charge < -0.3 is 43.9 Å². The van der Waals surface area contributed by atoms with Crippen molar-refractivity contribution in [3.8, 4) is 28.1 Å². The average Bonchev–Trinajstić information content (AvgIpc) is 3.77. The van der Waals surface area contributed by atoms with E-state index >= 15 is 4.79 Å². The zero-order valence-corrected chi connectivity index (χ0v) is 44.3. The number of nitrogens with zero attached hydrogens (tertiary/aromatic N) is 5. The monoisotopic (exact) mass is 1010 g/mol. The summed E-state index contributed by atoms with van der Waals surface area (Å²) in [7, 11) is 3.44. The van der Waals surface area contributed by atoms with Crippen LogP contribution in [0.5, 0.6) is 5.75 Å². The number of aryl methyl sites for hydroxylation is 1. The van der Waals surface area contributed by atoms with Gasteiger partial charge in [0.1, 0.15) is 30.5 Å². The van der Waals surface area contributed by atoms with Crippen molar-refractivity contribution in [3.63, 3.8) is 0 Å². The first-order valence-corrected chi connectivity index (χ1v) is 27.6. The number of carbonyl (C=O) groups excluding carboxylic acids is 4. The highest BCUT2D eigenvalue weighted by Crippen LogP contribution is 2.44. The first kappa shape index (κ1) is 50.8. The van der Waals surface area contributed by atoms with Gasteiger partial charge >= 0.3 is 5.97 Å². The van der Waals surface area contributed by atoms with E-state index in [4.69, 9.17) is 23.9 Å². The summed E-state index contributed by atoms with van der Waals surface area (Å²) < 4.78 is 27.3. The third kappa shape index (κ3) is 10.1. The molecule has 0 radical (unpaired) electrons. The number of hydrogen-bond donors (Lipinski definition) is 3. The molecule has 0 spiro atoms. The molecule has 3 N–H and O–H groups in total. The molecule has 2 aromatic heterocycles. The molecule has 7 aliphatic rings. The number of benzene rings is 2. The fraction of sp³-hybridized carbons (Fsp3) is 0.603. The van der Waals surface area contributed by atoms with E-state index in [1.54, 1.807) is 19.1 Å². The molecule has 8 bridgehead atoms. The average molecular weight is 1010 g/mol. The van der Waals surface area contributed by atoms with Crippen LogP contribution in [0.3, 0.4) is 0 Å². The molecule has 4 saturated heterocycles. The second kappa shape index (κ2) is 21.0. The summed E-state index contributed by atoms with van der Waals surface area (Å²) in [6.07, 6.45) is 9.61. The Morgan fingerprint density at radius 1 is 0.892 bits per heavy atom.